The van der Waals surface area contributed by atoms with E-state index in [1.54, 1.807) is 23.2 Å². The van der Waals surface area contributed by atoms with Gasteiger partial charge in [-0.3, -0.25) is 9.78 Å². The summed E-state index contributed by atoms with van der Waals surface area (Å²) in [6, 6.07) is 11.5. The predicted octanol–water partition coefficient (Wildman–Crippen LogP) is 3.22. The quantitative estimate of drug-likeness (QED) is 0.845. The molecule has 0 radical (unpaired) electrons. The van der Waals surface area contributed by atoms with Gasteiger partial charge in [-0.1, -0.05) is 18.2 Å². The number of benzene rings is 1. The van der Waals surface area contributed by atoms with Crippen LogP contribution in [0, 0.1) is 5.82 Å². The number of hydrogen-bond acceptors (Lipinski definition) is 2. The third-order valence-electron chi connectivity index (χ3n) is 3.51. The average molecular weight is 286 g/mol. The molecule has 0 N–H and O–H groups in total. The Morgan fingerprint density at radius 2 is 1.81 bits per heavy atom. The second kappa shape index (κ2) is 6.97. The largest absolute Gasteiger partial charge is 0.342 e. The van der Waals surface area contributed by atoms with E-state index in [-0.39, 0.29) is 11.7 Å². The van der Waals surface area contributed by atoms with Gasteiger partial charge in [-0.2, -0.15) is 0 Å². The molecule has 2 rings (SSSR count). The molecule has 1 unspecified atom stereocenters. The van der Waals surface area contributed by atoms with Gasteiger partial charge in [0, 0.05) is 19.3 Å². The fourth-order valence-corrected chi connectivity index (χ4v) is 2.36. The molecule has 0 aliphatic carbocycles. The maximum absolute atomic E-state index is 13.1. The summed E-state index contributed by atoms with van der Waals surface area (Å²) in [5, 5.41) is 0. The van der Waals surface area contributed by atoms with Gasteiger partial charge in [0.15, 0.2) is 0 Å². The first kappa shape index (κ1) is 15.2. The summed E-state index contributed by atoms with van der Waals surface area (Å²) in [4.78, 5) is 18.9. The Hall–Kier alpha value is -2.23. The van der Waals surface area contributed by atoms with Crippen molar-refractivity contribution in [3.05, 3.63) is 65.7 Å². The Balaban J connectivity index is 2.44. The molecule has 1 aromatic heterocycles. The van der Waals surface area contributed by atoms with Crippen molar-refractivity contribution in [2.75, 3.05) is 13.1 Å². The molecule has 110 valence electrons. The van der Waals surface area contributed by atoms with Crippen LogP contribution in [0.5, 0.6) is 0 Å². The average Bonchev–Trinajstić information content (AvgIpc) is 2.52. The Bertz CT molecular complexity index is 579. The normalized spacial score (nSPS) is 12.0. The van der Waals surface area contributed by atoms with E-state index in [2.05, 4.69) is 4.98 Å². The second-order valence-electron chi connectivity index (χ2n) is 4.75. The Morgan fingerprint density at radius 1 is 1.14 bits per heavy atom. The van der Waals surface area contributed by atoms with Crippen LogP contribution >= 0.6 is 0 Å². The lowest BCUT2D eigenvalue weighted by Crippen LogP contribution is -2.35. The highest BCUT2D eigenvalue weighted by Gasteiger charge is 2.27. The number of pyridine rings is 1. The summed E-state index contributed by atoms with van der Waals surface area (Å²) in [6.45, 7) is 5.17. The van der Waals surface area contributed by atoms with Crippen LogP contribution in [0.15, 0.2) is 48.7 Å². The van der Waals surface area contributed by atoms with E-state index in [4.69, 9.17) is 0 Å². The number of carbonyl (C=O) groups is 1. The molecule has 0 aliphatic heterocycles. The van der Waals surface area contributed by atoms with Crippen molar-refractivity contribution >= 4 is 5.91 Å². The van der Waals surface area contributed by atoms with Gasteiger partial charge in [0.1, 0.15) is 11.7 Å². The number of nitrogens with zero attached hydrogens (tertiary/aromatic N) is 2. The molecule has 0 fully saturated rings. The van der Waals surface area contributed by atoms with Crippen molar-refractivity contribution < 1.29 is 9.18 Å². The monoisotopic (exact) mass is 286 g/mol. The van der Waals surface area contributed by atoms with Gasteiger partial charge in [0.05, 0.1) is 5.69 Å². The van der Waals surface area contributed by atoms with Crippen LogP contribution in [0.25, 0.3) is 0 Å². The standard InChI is InChI=1S/C17H19FN2O/c1-3-20(4-2)17(21)16(15-7-5-6-12-19-15)13-8-10-14(18)11-9-13/h5-12,16H,3-4H2,1-2H3. The molecule has 2 aromatic rings. The van der Waals surface area contributed by atoms with Crippen LogP contribution < -0.4 is 0 Å². The van der Waals surface area contributed by atoms with Crippen molar-refractivity contribution in [1.82, 2.24) is 9.88 Å². The SMILES string of the molecule is CCN(CC)C(=O)C(c1ccc(F)cc1)c1ccccn1. The van der Waals surface area contributed by atoms with Crippen LogP contribution in [-0.4, -0.2) is 28.9 Å². The van der Waals surface area contributed by atoms with Crippen LogP contribution in [0.1, 0.15) is 31.0 Å². The summed E-state index contributed by atoms with van der Waals surface area (Å²) < 4.78 is 13.1. The zero-order valence-electron chi connectivity index (χ0n) is 12.3. The van der Waals surface area contributed by atoms with Crippen LogP contribution in [-0.2, 0) is 4.79 Å². The molecule has 0 saturated carbocycles. The molecule has 21 heavy (non-hydrogen) atoms. The fourth-order valence-electron chi connectivity index (χ4n) is 2.36. The fraction of sp³-hybridized carbons (Fsp3) is 0.294. The molecular weight excluding hydrogens is 267 g/mol. The smallest absolute Gasteiger partial charge is 0.236 e. The molecule has 4 heteroatoms. The topological polar surface area (TPSA) is 33.2 Å². The number of carbonyl (C=O) groups excluding carboxylic acids is 1. The van der Waals surface area contributed by atoms with Gasteiger partial charge in [-0.15, -0.1) is 0 Å². The van der Waals surface area contributed by atoms with Gasteiger partial charge in [0.2, 0.25) is 5.91 Å². The van der Waals surface area contributed by atoms with Gasteiger partial charge in [-0.05, 0) is 43.7 Å². The minimum absolute atomic E-state index is 0.00897. The van der Waals surface area contributed by atoms with Crippen LogP contribution in [0.4, 0.5) is 4.39 Å². The third kappa shape index (κ3) is 3.45. The molecule has 1 heterocycles. The van der Waals surface area contributed by atoms with Crippen molar-refractivity contribution in [2.45, 2.75) is 19.8 Å². The van der Waals surface area contributed by atoms with E-state index >= 15 is 0 Å². The summed E-state index contributed by atoms with van der Waals surface area (Å²) >= 11 is 0. The Labute approximate surface area is 124 Å². The zero-order chi connectivity index (χ0) is 15.2. The van der Waals surface area contributed by atoms with Crippen molar-refractivity contribution in [2.24, 2.45) is 0 Å². The van der Waals surface area contributed by atoms with Crippen molar-refractivity contribution in [3.8, 4) is 0 Å². The molecule has 0 aliphatic rings. The first-order valence-electron chi connectivity index (χ1n) is 7.12. The van der Waals surface area contributed by atoms with E-state index in [0.29, 0.717) is 18.8 Å². The first-order valence-corrected chi connectivity index (χ1v) is 7.12. The highest BCUT2D eigenvalue weighted by atomic mass is 19.1. The minimum Gasteiger partial charge on any atom is -0.342 e. The van der Waals surface area contributed by atoms with E-state index < -0.39 is 5.92 Å². The highest BCUT2D eigenvalue weighted by Crippen LogP contribution is 2.25. The molecular formula is C17H19FN2O. The number of hydrogen-bond donors (Lipinski definition) is 0. The lowest BCUT2D eigenvalue weighted by atomic mass is 9.93. The predicted molar refractivity (Wildman–Crippen MR) is 80.4 cm³/mol. The third-order valence-corrected chi connectivity index (χ3v) is 3.51. The maximum atomic E-state index is 13.1. The lowest BCUT2D eigenvalue weighted by molar-refractivity contribution is -0.131. The molecule has 1 atom stereocenters. The summed E-state index contributed by atoms with van der Waals surface area (Å²) in [7, 11) is 0. The Morgan fingerprint density at radius 3 is 2.33 bits per heavy atom. The minimum atomic E-state index is -0.494. The van der Waals surface area contributed by atoms with E-state index in [9.17, 15) is 9.18 Å². The maximum Gasteiger partial charge on any atom is 0.236 e. The molecule has 1 amide bonds. The summed E-state index contributed by atoms with van der Waals surface area (Å²) in [5.41, 5.74) is 1.44. The summed E-state index contributed by atoms with van der Waals surface area (Å²) in [6.07, 6.45) is 1.67. The molecule has 0 saturated heterocycles. The highest BCUT2D eigenvalue weighted by molar-refractivity contribution is 5.86. The second-order valence-corrected chi connectivity index (χ2v) is 4.75. The number of aromatic nitrogens is 1. The Kier molecular flexibility index (Phi) is 5.04. The number of rotatable bonds is 5. The number of amides is 1. The molecule has 3 nitrogen and oxygen atoms in total. The van der Waals surface area contributed by atoms with E-state index in [1.807, 2.05) is 32.0 Å². The zero-order valence-corrected chi connectivity index (χ0v) is 12.3. The van der Waals surface area contributed by atoms with Gasteiger partial charge >= 0.3 is 0 Å². The van der Waals surface area contributed by atoms with Crippen molar-refractivity contribution in [3.63, 3.8) is 0 Å². The van der Waals surface area contributed by atoms with Crippen LogP contribution in [0.2, 0.25) is 0 Å². The van der Waals surface area contributed by atoms with Crippen LogP contribution in [0.3, 0.4) is 0 Å². The number of halogens is 1. The molecule has 0 bridgehead atoms. The van der Waals surface area contributed by atoms with Crippen molar-refractivity contribution in [1.29, 1.82) is 0 Å². The lowest BCUT2D eigenvalue weighted by Gasteiger charge is -2.25. The summed E-state index contributed by atoms with van der Waals surface area (Å²) in [5.74, 6) is -0.814. The number of likely N-dealkylation sites (N-methyl/N-ethyl adjacent to an activating group) is 1. The van der Waals surface area contributed by atoms with Gasteiger partial charge in [0.25, 0.3) is 0 Å². The van der Waals surface area contributed by atoms with E-state index in [1.165, 1.54) is 12.1 Å². The molecule has 0 spiro atoms. The first-order chi connectivity index (χ1) is 10.2. The van der Waals surface area contributed by atoms with Gasteiger partial charge < -0.3 is 4.90 Å². The van der Waals surface area contributed by atoms with Gasteiger partial charge in [-0.25, -0.2) is 4.39 Å². The van der Waals surface area contributed by atoms with E-state index in [0.717, 1.165) is 5.56 Å². The molecule has 1 aromatic carbocycles.